The van der Waals surface area contributed by atoms with Crippen molar-refractivity contribution in [2.24, 2.45) is 0 Å². The zero-order valence-corrected chi connectivity index (χ0v) is 20.0. The van der Waals surface area contributed by atoms with E-state index >= 15 is 0 Å². The number of carbonyl (C=O) groups excluding carboxylic acids is 3. The minimum absolute atomic E-state index is 0.0393. The second-order valence-electron chi connectivity index (χ2n) is 7.52. The number of carbonyl (C=O) groups is 4. The predicted molar refractivity (Wildman–Crippen MR) is 134 cm³/mol. The summed E-state index contributed by atoms with van der Waals surface area (Å²) in [6.45, 7) is -0.255. The lowest BCUT2D eigenvalue weighted by atomic mass is 10.0. The van der Waals surface area contributed by atoms with Crippen LogP contribution in [0.2, 0.25) is 5.02 Å². The number of nitrogens with zero attached hydrogens (tertiary/aromatic N) is 2. The molecule has 0 radical (unpaired) electrons. The number of hydrogen-bond acceptors (Lipinski definition) is 6. The van der Waals surface area contributed by atoms with Crippen molar-refractivity contribution in [2.75, 3.05) is 23.3 Å². The van der Waals surface area contributed by atoms with Crippen LogP contribution >= 0.6 is 35.6 Å². The van der Waals surface area contributed by atoms with E-state index < -0.39 is 23.7 Å². The zero-order chi connectivity index (χ0) is 24.4. The second-order valence-corrected chi connectivity index (χ2v) is 9.63. The Kier molecular flexibility index (Phi) is 7.01. The monoisotopic (exact) mass is 515 g/mol. The second kappa shape index (κ2) is 9.96. The molecule has 2 aromatic rings. The van der Waals surface area contributed by atoms with E-state index in [1.54, 1.807) is 48.5 Å². The lowest BCUT2D eigenvalue weighted by Gasteiger charge is -2.17. The van der Waals surface area contributed by atoms with Crippen molar-refractivity contribution in [3.05, 3.63) is 70.1 Å². The average molecular weight is 516 g/mol. The first-order valence-electron chi connectivity index (χ1n) is 10.2. The van der Waals surface area contributed by atoms with Crippen molar-refractivity contribution in [2.45, 2.75) is 12.3 Å². The summed E-state index contributed by atoms with van der Waals surface area (Å²) in [5.41, 5.74) is 1.76. The highest BCUT2D eigenvalue weighted by atomic mass is 35.5. The Labute approximate surface area is 209 Å². The average Bonchev–Trinajstić information content (AvgIpc) is 3.20. The van der Waals surface area contributed by atoms with Crippen molar-refractivity contribution in [1.82, 2.24) is 4.90 Å². The fourth-order valence-corrected chi connectivity index (χ4v) is 5.22. The summed E-state index contributed by atoms with van der Waals surface area (Å²) in [6, 6.07) is 13.7. The highest BCUT2D eigenvalue weighted by molar-refractivity contribution is 8.26. The number of fused-ring (bicyclic) bond motifs is 1. The van der Waals surface area contributed by atoms with Crippen LogP contribution < -0.4 is 10.2 Å². The Morgan fingerprint density at radius 2 is 1.91 bits per heavy atom. The summed E-state index contributed by atoms with van der Waals surface area (Å²) >= 11 is 12.2. The third kappa shape index (κ3) is 4.98. The summed E-state index contributed by atoms with van der Waals surface area (Å²) in [7, 11) is 0. The van der Waals surface area contributed by atoms with Crippen molar-refractivity contribution in [3.63, 3.8) is 0 Å². The SMILES string of the molecule is O=C(O)CCN1C(=O)/C(=C/C2C(=O)N(CC(=O)Nc3cccc(Cl)c3)c3ccccc32)SC1=S. The molecule has 1 unspecified atom stereocenters. The smallest absolute Gasteiger partial charge is 0.305 e. The van der Waals surface area contributed by atoms with Gasteiger partial charge < -0.3 is 15.3 Å². The summed E-state index contributed by atoms with van der Waals surface area (Å²) in [5.74, 6) is -2.99. The summed E-state index contributed by atoms with van der Waals surface area (Å²) in [6.07, 6.45) is 1.30. The number of hydrogen-bond donors (Lipinski definition) is 2. The van der Waals surface area contributed by atoms with Crippen molar-refractivity contribution in [1.29, 1.82) is 0 Å². The maximum Gasteiger partial charge on any atom is 0.305 e. The molecule has 1 fully saturated rings. The number of carboxylic acid groups (broad SMARTS) is 1. The van der Waals surface area contributed by atoms with Crippen LogP contribution in [0.3, 0.4) is 0 Å². The Balaban J connectivity index is 1.54. The minimum Gasteiger partial charge on any atom is -0.481 e. The molecular formula is C23H18ClN3O5S2. The maximum absolute atomic E-state index is 13.3. The number of para-hydroxylation sites is 1. The van der Waals surface area contributed by atoms with E-state index in [4.69, 9.17) is 28.9 Å². The lowest BCUT2D eigenvalue weighted by Crippen LogP contribution is -2.36. The number of halogens is 1. The van der Waals surface area contributed by atoms with Gasteiger partial charge in [-0.05, 0) is 35.9 Å². The van der Waals surface area contributed by atoms with Gasteiger partial charge in [0.25, 0.3) is 5.91 Å². The third-order valence-corrected chi connectivity index (χ3v) is 6.88. The number of aliphatic carboxylic acids is 1. The number of thioether (sulfide) groups is 1. The number of benzene rings is 2. The molecule has 2 N–H and O–H groups in total. The molecular weight excluding hydrogens is 498 g/mol. The summed E-state index contributed by atoms with van der Waals surface area (Å²) < 4.78 is 0.244. The van der Waals surface area contributed by atoms with Crippen molar-refractivity contribution >= 4 is 75.0 Å². The minimum atomic E-state index is -1.04. The van der Waals surface area contributed by atoms with Crippen LogP contribution in [0.4, 0.5) is 11.4 Å². The Morgan fingerprint density at radius 1 is 1.15 bits per heavy atom. The van der Waals surface area contributed by atoms with E-state index in [0.717, 1.165) is 11.8 Å². The van der Waals surface area contributed by atoms with E-state index in [0.29, 0.717) is 22.0 Å². The standard InChI is InChI=1S/C23H18ClN3O5S2/c24-13-4-3-5-14(10-13)25-19(28)12-27-17-7-2-1-6-15(17)16(21(27)31)11-18-22(32)26(23(33)34-18)9-8-20(29)30/h1-7,10-11,16H,8-9,12H2,(H,25,28)(H,29,30)/b18-11-. The molecule has 2 aliphatic heterocycles. The molecule has 0 saturated carbocycles. The van der Waals surface area contributed by atoms with Crippen LogP contribution in [0.1, 0.15) is 17.9 Å². The molecule has 8 nitrogen and oxygen atoms in total. The first kappa shape index (κ1) is 23.9. The van der Waals surface area contributed by atoms with Crippen molar-refractivity contribution < 1.29 is 24.3 Å². The van der Waals surface area contributed by atoms with Crippen LogP contribution in [-0.2, 0) is 19.2 Å². The maximum atomic E-state index is 13.3. The first-order chi connectivity index (χ1) is 16.2. The Bertz CT molecular complexity index is 1250. The van der Waals surface area contributed by atoms with Gasteiger partial charge in [-0.15, -0.1) is 0 Å². The topological polar surface area (TPSA) is 107 Å². The molecule has 0 aliphatic carbocycles. The molecule has 174 valence electrons. The molecule has 0 aromatic heterocycles. The van der Waals surface area contributed by atoms with E-state index in [-0.39, 0.29) is 34.6 Å². The van der Waals surface area contributed by atoms with Gasteiger partial charge in [-0.3, -0.25) is 24.1 Å². The van der Waals surface area contributed by atoms with Crippen LogP contribution in [-0.4, -0.2) is 51.1 Å². The summed E-state index contributed by atoms with van der Waals surface area (Å²) in [4.78, 5) is 52.5. The Hall–Kier alpha value is -3.21. The molecule has 2 aromatic carbocycles. The normalized spacial score (nSPS) is 18.6. The quantitative estimate of drug-likeness (QED) is 0.428. The van der Waals surface area contributed by atoms with Gasteiger partial charge in [0.1, 0.15) is 10.9 Å². The molecule has 0 spiro atoms. The summed E-state index contributed by atoms with van der Waals surface area (Å²) in [5, 5.41) is 12.1. The van der Waals surface area contributed by atoms with Gasteiger partial charge in [0.05, 0.1) is 17.2 Å². The molecule has 4 rings (SSSR count). The first-order valence-corrected chi connectivity index (χ1v) is 11.8. The van der Waals surface area contributed by atoms with Crippen LogP contribution in [0.5, 0.6) is 0 Å². The number of rotatable bonds is 7. The molecule has 1 saturated heterocycles. The van der Waals surface area contributed by atoms with Crippen LogP contribution in [0.15, 0.2) is 59.5 Å². The van der Waals surface area contributed by atoms with Gasteiger partial charge in [0.15, 0.2) is 0 Å². The fourth-order valence-electron chi connectivity index (χ4n) is 3.72. The highest BCUT2D eigenvalue weighted by Crippen LogP contribution is 2.41. The van der Waals surface area contributed by atoms with Gasteiger partial charge >= 0.3 is 5.97 Å². The lowest BCUT2D eigenvalue weighted by molar-refractivity contribution is -0.137. The molecule has 2 heterocycles. The molecule has 2 aliphatic rings. The Morgan fingerprint density at radius 3 is 2.65 bits per heavy atom. The van der Waals surface area contributed by atoms with Gasteiger partial charge in [-0.2, -0.15) is 0 Å². The molecule has 11 heteroatoms. The number of amides is 3. The van der Waals surface area contributed by atoms with Gasteiger partial charge in [0.2, 0.25) is 11.8 Å². The van der Waals surface area contributed by atoms with E-state index in [1.165, 1.54) is 15.9 Å². The van der Waals surface area contributed by atoms with Gasteiger partial charge in [-0.25, -0.2) is 0 Å². The van der Waals surface area contributed by atoms with E-state index in [9.17, 15) is 19.2 Å². The third-order valence-electron chi connectivity index (χ3n) is 5.25. The largest absolute Gasteiger partial charge is 0.481 e. The molecule has 34 heavy (non-hydrogen) atoms. The van der Waals surface area contributed by atoms with Gasteiger partial charge in [0, 0.05) is 22.9 Å². The highest BCUT2D eigenvalue weighted by Gasteiger charge is 2.40. The van der Waals surface area contributed by atoms with Crippen LogP contribution in [0, 0.1) is 0 Å². The fraction of sp³-hybridized carbons (Fsp3) is 0.174. The van der Waals surface area contributed by atoms with Crippen LogP contribution in [0.25, 0.3) is 0 Å². The predicted octanol–water partition coefficient (Wildman–Crippen LogP) is 3.63. The zero-order valence-electron chi connectivity index (χ0n) is 17.6. The van der Waals surface area contributed by atoms with E-state index in [2.05, 4.69) is 5.32 Å². The molecule has 0 bridgehead atoms. The van der Waals surface area contributed by atoms with E-state index in [1.807, 2.05) is 0 Å². The van der Waals surface area contributed by atoms with Crippen molar-refractivity contribution in [3.8, 4) is 0 Å². The number of carboxylic acids is 1. The number of nitrogens with one attached hydrogen (secondary N) is 1. The molecule has 1 atom stereocenters. The van der Waals surface area contributed by atoms with Gasteiger partial charge in [-0.1, -0.05) is 59.8 Å². The number of thiocarbonyl (C=S) groups is 1. The number of anilines is 2. The molecule has 3 amide bonds.